The quantitative estimate of drug-likeness (QED) is 0.540. The molecule has 1 atom stereocenters. The van der Waals surface area contributed by atoms with E-state index < -0.39 is 17.7 Å². The van der Waals surface area contributed by atoms with E-state index in [2.05, 4.69) is 21.6 Å². The number of anilines is 1. The number of benzene rings is 2. The van der Waals surface area contributed by atoms with Gasteiger partial charge in [-0.1, -0.05) is 30.9 Å². The Bertz CT molecular complexity index is 1340. The van der Waals surface area contributed by atoms with Crippen molar-refractivity contribution in [3.63, 3.8) is 0 Å². The SMILES string of the molecule is C=Cc1cccc(F)c1C(O)c1nc2cc(-c3cccc(C#N)c3F)nc(N)n2n1. The lowest BCUT2D eigenvalue weighted by atomic mass is 10.0. The molecule has 0 bridgehead atoms. The predicted octanol–water partition coefficient (Wildman–Crippen LogP) is 3.25. The Morgan fingerprint density at radius 3 is 2.70 bits per heavy atom. The molecule has 148 valence electrons. The van der Waals surface area contributed by atoms with Crippen LogP contribution in [0.4, 0.5) is 14.7 Å². The minimum Gasteiger partial charge on any atom is -0.380 e. The molecule has 0 fully saturated rings. The van der Waals surface area contributed by atoms with Crippen LogP contribution in [0.25, 0.3) is 23.0 Å². The molecule has 2 aromatic carbocycles. The number of fused-ring (bicyclic) bond motifs is 1. The van der Waals surface area contributed by atoms with Crippen molar-refractivity contribution >= 4 is 17.7 Å². The van der Waals surface area contributed by atoms with E-state index in [0.717, 1.165) is 4.52 Å². The summed E-state index contributed by atoms with van der Waals surface area (Å²) < 4.78 is 30.0. The highest BCUT2D eigenvalue weighted by molar-refractivity contribution is 5.67. The zero-order valence-electron chi connectivity index (χ0n) is 15.4. The topological polar surface area (TPSA) is 113 Å². The second-order valence-electron chi connectivity index (χ2n) is 6.37. The molecule has 0 amide bonds. The molecule has 0 aliphatic carbocycles. The summed E-state index contributed by atoms with van der Waals surface area (Å²) in [6, 6.07) is 11.8. The van der Waals surface area contributed by atoms with Crippen molar-refractivity contribution in [1.29, 1.82) is 5.26 Å². The van der Waals surface area contributed by atoms with Gasteiger partial charge in [-0.15, -0.1) is 5.10 Å². The van der Waals surface area contributed by atoms with E-state index in [1.165, 1.54) is 42.5 Å². The molecule has 9 heteroatoms. The summed E-state index contributed by atoms with van der Waals surface area (Å²) in [7, 11) is 0. The summed E-state index contributed by atoms with van der Waals surface area (Å²) in [6.45, 7) is 3.62. The standard InChI is InChI=1S/C21H14F2N6O/c1-2-11-5-4-8-14(22)17(11)19(30)20-27-16-9-15(26-21(25)29(16)28-20)13-7-3-6-12(10-24)18(13)23/h2-9,19,30H,1H2,(H2,25,26). The second kappa shape index (κ2) is 7.35. The Morgan fingerprint density at radius 1 is 1.20 bits per heavy atom. The molecule has 3 N–H and O–H groups in total. The van der Waals surface area contributed by atoms with Crippen LogP contribution in [0.3, 0.4) is 0 Å². The Morgan fingerprint density at radius 2 is 1.97 bits per heavy atom. The molecule has 0 aliphatic rings. The monoisotopic (exact) mass is 404 g/mol. The predicted molar refractivity (Wildman–Crippen MR) is 106 cm³/mol. The summed E-state index contributed by atoms with van der Waals surface area (Å²) in [5, 5.41) is 23.8. The van der Waals surface area contributed by atoms with E-state index in [1.807, 2.05) is 0 Å². The highest BCUT2D eigenvalue weighted by Gasteiger charge is 2.23. The highest BCUT2D eigenvalue weighted by Crippen LogP contribution is 2.29. The van der Waals surface area contributed by atoms with Gasteiger partial charge in [-0.3, -0.25) is 0 Å². The van der Waals surface area contributed by atoms with Crippen LogP contribution in [-0.2, 0) is 0 Å². The number of hydrogen-bond donors (Lipinski definition) is 2. The molecule has 30 heavy (non-hydrogen) atoms. The van der Waals surface area contributed by atoms with Crippen LogP contribution < -0.4 is 5.73 Å². The largest absolute Gasteiger partial charge is 0.380 e. The lowest BCUT2D eigenvalue weighted by molar-refractivity contribution is 0.204. The fraction of sp³-hybridized carbons (Fsp3) is 0.0476. The Kier molecular flexibility index (Phi) is 4.69. The summed E-state index contributed by atoms with van der Waals surface area (Å²) >= 11 is 0. The van der Waals surface area contributed by atoms with Gasteiger partial charge in [0.25, 0.3) is 0 Å². The third kappa shape index (κ3) is 3.05. The zero-order chi connectivity index (χ0) is 21.4. The zero-order valence-corrected chi connectivity index (χ0v) is 15.4. The molecule has 1 unspecified atom stereocenters. The van der Waals surface area contributed by atoms with Crippen molar-refractivity contribution in [3.8, 4) is 17.3 Å². The number of aliphatic hydroxyl groups is 1. The lowest BCUT2D eigenvalue weighted by Crippen LogP contribution is -2.08. The van der Waals surface area contributed by atoms with Gasteiger partial charge < -0.3 is 10.8 Å². The first kappa shape index (κ1) is 19.2. The first-order valence-corrected chi connectivity index (χ1v) is 8.75. The first-order chi connectivity index (χ1) is 14.4. The normalized spacial score (nSPS) is 11.9. The van der Waals surface area contributed by atoms with Crippen LogP contribution in [0.15, 0.2) is 49.0 Å². The molecule has 7 nitrogen and oxygen atoms in total. The van der Waals surface area contributed by atoms with Crippen LogP contribution in [0, 0.1) is 23.0 Å². The van der Waals surface area contributed by atoms with Gasteiger partial charge in [-0.25, -0.2) is 18.7 Å². The van der Waals surface area contributed by atoms with Crippen LogP contribution in [0.5, 0.6) is 0 Å². The molecule has 4 rings (SSSR count). The molecule has 0 aliphatic heterocycles. The number of hydrogen-bond acceptors (Lipinski definition) is 6. The average Bonchev–Trinajstić information content (AvgIpc) is 3.18. The molecule has 0 spiro atoms. The van der Waals surface area contributed by atoms with Gasteiger partial charge in [0, 0.05) is 17.2 Å². The van der Waals surface area contributed by atoms with Gasteiger partial charge >= 0.3 is 0 Å². The third-order valence-electron chi connectivity index (χ3n) is 4.59. The molecule has 2 aromatic heterocycles. The smallest absolute Gasteiger partial charge is 0.223 e. The number of nitrogen functional groups attached to an aromatic ring is 1. The molecular weight excluding hydrogens is 390 g/mol. The van der Waals surface area contributed by atoms with Gasteiger partial charge in [0.1, 0.15) is 23.8 Å². The fourth-order valence-electron chi connectivity index (χ4n) is 3.15. The minimum atomic E-state index is -1.49. The number of aromatic nitrogens is 4. The van der Waals surface area contributed by atoms with Crippen LogP contribution in [0.2, 0.25) is 0 Å². The van der Waals surface area contributed by atoms with Gasteiger partial charge in [-0.05, 0) is 23.8 Å². The second-order valence-corrected chi connectivity index (χ2v) is 6.37. The van der Waals surface area contributed by atoms with Crippen molar-refractivity contribution in [2.75, 3.05) is 5.73 Å². The van der Waals surface area contributed by atoms with Gasteiger partial charge in [0.05, 0.1) is 11.3 Å². The maximum Gasteiger partial charge on any atom is 0.223 e. The van der Waals surface area contributed by atoms with Crippen molar-refractivity contribution in [2.24, 2.45) is 0 Å². The fourth-order valence-corrected chi connectivity index (χ4v) is 3.15. The lowest BCUT2D eigenvalue weighted by Gasteiger charge is -2.11. The number of aliphatic hydroxyl groups excluding tert-OH is 1. The molecular formula is C21H14F2N6O. The summed E-state index contributed by atoms with van der Waals surface area (Å²) in [4.78, 5) is 8.34. The van der Waals surface area contributed by atoms with Crippen LogP contribution in [0.1, 0.15) is 28.6 Å². The van der Waals surface area contributed by atoms with Crippen LogP contribution in [-0.4, -0.2) is 24.7 Å². The molecule has 0 saturated heterocycles. The number of nitriles is 1. The summed E-state index contributed by atoms with van der Waals surface area (Å²) in [5.74, 6) is -1.60. The average molecular weight is 404 g/mol. The van der Waals surface area contributed by atoms with Crippen molar-refractivity contribution < 1.29 is 13.9 Å². The maximum atomic E-state index is 14.5. The van der Waals surface area contributed by atoms with Crippen molar-refractivity contribution in [1.82, 2.24) is 19.6 Å². The Hall–Kier alpha value is -4.16. The van der Waals surface area contributed by atoms with Gasteiger partial charge in [-0.2, -0.15) is 9.78 Å². The summed E-state index contributed by atoms with van der Waals surface area (Å²) in [5.41, 5.74) is 6.55. The molecule has 0 saturated carbocycles. The third-order valence-corrected chi connectivity index (χ3v) is 4.59. The van der Waals surface area contributed by atoms with E-state index in [0.29, 0.717) is 5.56 Å². The number of nitrogens with two attached hydrogens (primary N) is 1. The van der Waals surface area contributed by atoms with E-state index in [-0.39, 0.29) is 39.8 Å². The molecule has 4 aromatic rings. The van der Waals surface area contributed by atoms with Crippen molar-refractivity contribution in [2.45, 2.75) is 6.10 Å². The van der Waals surface area contributed by atoms with Gasteiger partial charge in [0.15, 0.2) is 11.5 Å². The van der Waals surface area contributed by atoms with E-state index in [9.17, 15) is 13.9 Å². The highest BCUT2D eigenvalue weighted by atomic mass is 19.1. The maximum absolute atomic E-state index is 14.5. The molecule has 2 heterocycles. The van der Waals surface area contributed by atoms with E-state index in [4.69, 9.17) is 11.0 Å². The Balaban J connectivity index is 1.85. The van der Waals surface area contributed by atoms with E-state index >= 15 is 0 Å². The Labute approximate surface area is 169 Å². The van der Waals surface area contributed by atoms with Crippen molar-refractivity contribution in [3.05, 3.63) is 83.2 Å². The first-order valence-electron chi connectivity index (χ1n) is 8.75. The van der Waals surface area contributed by atoms with E-state index in [1.54, 1.807) is 12.1 Å². The molecule has 0 radical (unpaired) electrons. The number of rotatable bonds is 4. The number of halogens is 2. The van der Waals surface area contributed by atoms with Gasteiger partial charge in [0.2, 0.25) is 5.95 Å². The number of nitrogens with zero attached hydrogens (tertiary/aromatic N) is 5. The van der Waals surface area contributed by atoms with Crippen LogP contribution >= 0.6 is 0 Å². The minimum absolute atomic E-state index is 0.0251. The summed E-state index contributed by atoms with van der Waals surface area (Å²) in [6.07, 6.45) is -0.0724.